The Balaban J connectivity index is 0.997. The molecule has 0 radical (unpaired) electrons. The number of hydrogen-bond acceptors (Lipinski definition) is 8. The Kier molecular flexibility index (Phi) is 8.63. The minimum Gasteiger partial charge on any atom is -0.444 e. The van der Waals surface area contributed by atoms with Gasteiger partial charge in [0.1, 0.15) is 17.3 Å². The number of piperidine rings is 1. The Morgan fingerprint density at radius 2 is 1.52 bits per heavy atom. The molecule has 3 aromatic rings. The summed E-state index contributed by atoms with van der Waals surface area (Å²) < 4.78 is 46.2. The van der Waals surface area contributed by atoms with Gasteiger partial charge in [-0.05, 0) is 69.4 Å². The zero-order valence-corrected chi connectivity index (χ0v) is 26.2. The van der Waals surface area contributed by atoms with Crippen molar-refractivity contribution in [1.29, 1.82) is 0 Å². The first kappa shape index (κ1) is 31.4. The Hall–Kier alpha value is -4.60. The van der Waals surface area contributed by atoms with E-state index >= 15 is 0 Å². The van der Waals surface area contributed by atoms with Gasteiger partial charge in [-0.25, -0.2) is 9.78 Å². The van der Waals surface area contributed by atoms with E-state index in [1.54, 1.807) is 11.1 Å². The second-order valence-electron chi connectivity index (χ2n) is 12.8. The topological polar surface area (TPSA) is 92.0 Å². The molecule has 0 unspecified atom stereocenters. The van der Waals surface area contributed by atoms with Crippen molar-refractivity contribution in [3.05, 3.63) is 70.9 Å². The number of hydrogen-bond donors (Lipinski definition) is 0. The number of likely N-dealkylation sites (tertiary alicyclic amines) is 1. The number of carbonyl (C=O) groups is 1. The number of rotatable bonds is 2. The predicted octanol–water partition coefficient (Wildman–Crippen LogP) is 5.14. The lowest BCUT2D eigenvalue weighted by atomic mass is 9.89. The van der Waals surface area contributed by atoms with Crippen LogP contribution in [-0.2, 0) is 17.3 Å². The van der Waals surface area contributed by atoms with Crippen LogP contribution in [0.15, 0.2) is 47.7 Å². The molecule has 0 bridgehead atoms. The minimum absolute atomic E-state index is 0.245. The third kappa shape index (κ3) is 7.27. The van der Waals surface area contributed by atoms with Gasteiger partial charge in [0, 0.05) is 69.4 Å². The number of anilines is 1. The third-order valence-electron chi connectivity index (χ3n) is 8.34. The van der Waals surface area contributed by atoms with E-state index < -0.39 is 17.6 Å². The summed E-state index contributed by atoms with van der Waals surface area (Å²) in [6.07, 6.45) is -0.381. The van der Waals surface area contributed by atoms with Crippen molar-refractivity contribution in [3.8, 4) is 11.8 Å². The van der Waals surface area contributed by atoms with E-state index in [1.165, 1.54) is 5.56 Å². The second-order valence-corrected chi connectivity index (χ2v) is 12.8. The molecule has 3 aliphatic rings. The first-order chi connectivity index (χ1) is 21.9. The molecule has 0 saturated carbocycles. The number of pyridine rings is 1. The first-order valence-electron chi connectivity index (χ1n) is 15.6. The average molecular weight is 635 g/mol. The lowest BCUT2D eigenvalue weighted by Crippen LogP contribution is -2.50. The average Bonchev–Trinajstić information content (AvgIpc) is 3.48. The summed E-state index contributed by atoms with van der Waals surface area (Å²) in [5.74, 6) is 7.46. The Morgan fingerprint density at radius 1 is 0.848 bits per heavy atom. The standard InChI is InChI=1S/C33H37F3N8O2/c1-32(2,3)46-31(45)43-20-18-42(19-21-43)27-11-8-24(22-37-27)5-4-23-6-9-25(10-7-23)26-14-16-41(17-15-26)29-13-12-28-38-39-30(33(34,35)36)44(28)40-29/h6-11,22,26H,12-21H2,1-3H3. The molecule has 6 rings (SSSR count). The van der Waals surface area contributed by atoms with Crippen LogP contribution in [0.1, 0.15) is 74.3 Å². The van der Waals surface area contributed by atoms with Gasteiger partial charge in [0.25, 0.3) is 5.82 Å². The maximum Gasteiger partial charge on any atom is 0.453 e. The van der Waals surface area contributed by atoms with Crippen LogP contribution in [0.25, 0.3) is 0 Å². The molecule has 2 fully saturated rings. The monoisotopic (exact) mass is 634 g/mol. The zero-order chi connectivity index (χ0) is 32.5. The minimum atomic E-state index is -4.59. The van der Waals surface area contributed by atoms with Gasteiger partial charge >= 0.3 is 12.3 Å². The highest BCUT2D eigenvalue weighted by Crippen LogP contribution is 2.32. The van der Waals surface area contributed by atoms with Crippen LogP contribution in [0.2, 0.25) is 0 Å². The molecule has 46 heavy (non-hydrogen) atoms. The van der Waals surface area contributed by atoms with Crippen molar-refractivity contribution in [1.82, 2.24) is 29.7 Å². The van der Waals surface area contributed by atoms with Gasteiger partial charge in [0.2, 0.25) is 0 Å². The number of benzene rings is 1. The van der Waals surface area contributed by atoms with Crippen molar-refractivity contribution in [2.45, 2.75) is 64.1 Å². The highest BCUT2D eigenvalue weighted by atomic mass is 19.4. The van der Waals surface area contributed by atoms with Gasteiger partial charge in [-0.3, -0.25) is 0 Å². The van der Waals surface area contributed by atoms with Crippen molar-refractivity contribution < 1.29 is 22.7 Å². The molecule has 1 aromatic carbocycles. The van der Waals surface area contributed by atoms with Crippen molar-refractivity contribution in [2.75, 3.05) is 44.2 Å². The molecule has 10 nitrogen and oxygen atoms in total. The van der Waals surface area contributed by atoms with Gasteiger partial charge in [-0.1, -0.05) is 24.0 Å². The smallest absolute Gasteiger partial charge is 0.444 e. The van der Waals surface area contributed by atoms with Crippen LogP contribution < -0.4 is 4.90 Å². The summed E-state index contributed by atoms with van der Waals surface area (Å²) in [5.41, 5.74) is 2.45. The molecule has 0 spiro atoms. The van der Waals surface area contributed by atoms with Crippen LogP contribution in [0.4, 0.5) is 23.8 Å². The molecule has 13 heteroatoms. The quantitative estimate of drug-likeness (QED) is 0.361. The molecular formula is C33H37F3N8O2. The summed E-state index contributed by atoms with van der Waals surface area (Å²) >= 11 is 0. The highest BCUT2D eigenvalue weighted by Gasteiger charge is 2.40. The zero-order valence-electron chi connectivity index (χ0n) is 26.2. The SMILES string of the molecule is CC(C)(C)OC(=O)N1CCN(c2ccc(C#Cc3ccc(C4CCN(C5=Nn6c(nnc6C(F)(F)F)CC5)CC4)cc3)cn2)CC1. The Morgan fingerprint density at radius 3 is 2.15 bits per heavy atom. The van der Waals surface area contributed by atoms with Crippen LogP contribution in [-0.4, -0.2) is 86.5 Å². The van der Waals surface area contributed by atoms with Crippen LogP contribution in [0.3, 0.4) is 0 Å². The summed E-state index contributed by atoms with van der Waals surface area (Å²) in [5, 5.41) is 11.2. The number of piperazine rings is 1. The normalized spacial score (nSPS) is 17.6. The van der Waals surface area contributed by atoms with Crippen molar-refractivity contribution in [3.63, 3.8) is 0 Å². The number of carbonyl (C=O) groups excluding carboxylic acids is 1. The van der Waals surface area contributed by atoms with Crippen molar-refractivity contribution in [2.24, 2.45) is 5.10 Å². The third-order valence-corrected chi connectivity index (χ3v) is 8.34. The van der Waals surface area contributed by atoms with E-state index in [2.05, 4.69) is 54.1 Å². The predicted molar refractivity (Wildman–Crippen MR) is 166 cm³/mol. The summed E-state index contributed by atoms with van der Waals surface area (Å²) in [4.78, 5) is 22.9. The van der Waals surface area contributed by atoms with E-state index in [0.717, 1.165) is 47.6 Å². The molecule has 0 atom stereocenters. The van der Waals surface area contributed by atoms with Gasteiger partial charge in [-0.15, -0.1) is 10.2 Å². The lowest BCUT2D eigenvalue weighted by molar-refractivity contribution is -0.147. The highest BCUT2D eigenvalue weighted by molar-refractivity contribution is 5.83. The van der Waals surface area contributed by atoms with E-state index in [-0.39, 0.29) is 11.9 Å². The maximum atomic E-state index is 13.3. The fourth-order valence-corrected chi connectivity index (χ4v) is 5.91. The molecule has 0 aliphatic carbocycles. The first-order valence-corrected chi connectivity index (χ1v) is 15.6. The Bertz CT molecular complexity index is 1630. The molecule has 0 N–H and O–H groups in total. The fourth-order valence-electron chi connectivity index (χ4n) is 5.91. The number of amides is 1. The van der Waals surface area contributed by atoms with Crippen molar-refractivity contribution >= 4 is 17.7 Å². The number of amidine groups is 1. The summed E-state index contributed by atoms with van der Waals surface area (Å²) in [7, 11) is 0. The molecule has 242 valence electrons. The lowest BCUT2D eigenvalue weighted by Gasteiger charge is -2.36. The van der Waals surface area contributed by atoms with Gasteiger partial charge < -0.3 is 19.4 Å². The van der Waals surface area contributed by atoms with Gasteiger partial charge in [0.15, 0.2) is 5.82 Å². The van der Waals surface area contributed by atoms with Gasteiger partial charge in [0.05, 0.1) is 0 Å². The largest absolute Gasteiger partial charge is 0.453 e. The molecule has 2 aromatic heterocycles. The molecule has 5 heterocycles. The number of alkyl halides is 3. The van der Waals surface area contributed by atoms with E-state index in [0.29, 0.717) is 50.8 Å². The van der Waals surface area contributed by atoms with Crippen LogP contribution in [0.5, 0.6) is 0 Å². The van der Waals surface area contributed by atoms with E-state index in [1.807, 2.05) is 45.0 Å². The summed E-state index contributed by atoms with van der Waals surface area (Å²) in [6, 6.07) is 12.2. The van der Waals surface area contributed by atoms with Gasteiger partial charge in [-0.2, -0.15) is 22.9 Å². The summed E-state index contributed by atoms with van der Waals surface area (Å²) in [6.45, 7) is 9.59. The van der Waals surface area contributed by atoms with E-state index in [4.69, 9.17) is 4.74 Å². The molecule has 3 aliphatic heterocycles. The fraction of sp³-hybridized carbons (Fsp3) is 0.485. The number of fused-ring (bicyclic) bond motifs is 1. The van der Waals surface area contributed by atoms with Crippen LogP contribution in [0, 0.1) is 11.8 Å². The Labute approximate surface area is 266 Å². The maximum absolute atomic E-state index is 13.3. The number of ether oxygens (including phenoxy) is 1. The molecular weight excluding hydrogens is 597 g/mol. The number of aryl methyl sites for hydroxylation is 1. The van der Waals surface area contributed by atoms with E-state index in [9.17, 15) is 18.0 Å². The number of aromatic nitrogens is 4. The number of nitrogens with zero attached hydrogens (tertiary/aromatic N) is 8. The molecule has 2 saturated heterocycles. The number of halogens is 3. The van der Waals surface area contributed by atoms with Crippen LogP contribution >= 0.6 is 0 Å². The second kappa shape index (κ2) is 12.7. The molecule has 1 amide bonds.